The van der Waals surface area contributed by atoms with Gasteiger partial charge in [-0.15, -0.1) is 6.58 Å². The molecule has 0 fully saturated rings. The maximum Gasteiger partial charge on any atom is 0.416 e. The maximum absolute atomic E-state index is 13.5. The molecule has 184 valence electrons. The molecular formula is C27H34F3N3O. The summed E-state index contributed by atoms with van der Waals surface area (Å²) >= 11 is 0. The molecule has 0 spiro atoms. The summed E-state index contributed by atoms with van der Waals surface area (Å²) < 4.78 is 40.5. The monoisotopic (exact) mass is 473 g/mol. The van der Waals surface area contributed by atoms with Crippen molar-refractivity contribution in [2.24, 2.45) is 0 Å². The van der Waals surface area contributed by atoms with Crippen molar-refractivity contribution in [2.45, 2.75) is 38.5 Å². The van der Waals surface area contributed by atoms with E-state index in [-0.39, 0.29) is 24.4 Å². The molecular weight excluding hydrogens is 439 g/mol. The summed E-state index contributed by atoms with van der Waals surface area (Å²) in [5.74, 6) is -0.129. The molecule has 0 atom stereocenters. The largest absolute Gasteiger partial charge is 0.416 e. The molecule has 1 amide bonds. The molecule has 0 bridgehead atoms. The van der Waals surface area contributed by atoms with Gasteiger partial charge in [-0.05, 0) is 55.3 Å². The first kappa shape index (κ1) is 26.0. The predicted octanol–water partition coefficient (Wildman–Crippen LogP) is 4.77. The number of hydrogen-bond donors (Lipinski definition) is 0. The number of fused-ring (bicyclic) bond motifs is 1. The fraction of sp³-hybridized carbons (Fsp3) is 0.444. The first-order valence-electron chi connectivity index (χ1n) is 11.7. The van der Waals surface area contributed by atoms with Crippen LogP contribution in [0.15, 0.2) is 55.1 Å². The van der Waals surface area contributed by atoms with Crippen molar-refractivity contribution < 1.29 is 18.0 Å². The summed E-state index contributed by atoms with van der Waals surface area (Å²) in [6.07, 6.45) is -0.747. The Labute approximate surface area is 200 Å². The van der Waals surface area contributed by atoms with Gasteiger partial charge in [-0.1, -0.05) is 42.5 Å². The zero-order valence-electron chi connectivity index (χ0n) is 20.1. The number of benzene rings is 2. The molecule has 34 heavy (non-hydrogen) atoms. The highest BCUT2D eigenvalue weighted by Gasteiger charge is 2.33. The predicted molar refractivity (Wildman–Crippen MR) is 129 cm³/mol. The van der Waals surface area contributed by atoms with Crippen LogP contribution in [0.25, 0.3) is 0 Å². The number of likely N-dealkylation sites (N-methyl/N-ethyl adjacent to an activating group) is 1. The summed E-state index contributed by atoms with van der Waals surface area (Å²) in [5.41, 5.74) is 3.17. The van der Waals surface area contributed by atoms with Crippen LogP contribution in [0.4, 0.5) is 13.2 Å². The third kappa shape index (κ3) is 6.93. The van der Waals surface area contributed by atoms with Crippen LogP contribution < -0.4 is 0 Å². The highest BCUT2D eigenvalue weighted by atomic mass is 19.4. The molecule has 1 aliphatic rings. The third-order valence-electron chi connectivity index (χ3n) is 6.30. The number of aryl methyl sites for hydroxylation is 1. The zero-order chi connectivity index (χ0) is 24.7. The Morgan fingerprint density at radius 1 is 1.09 bits per heavy atom. The van der Waals surface area contributed by atoms with Crippen LogP contribution in [-0.4, -0.2) is 60.9 Å². The number of amides is 1. The zero-order valence-corrected chi connectivity index (χ0v) is 20.1. The molecule has 2 aromatic carbocycles. The van der Waals surface area contributed by atoms with Crippen molar-refractivity contribution in [1.29, 1.82) is 0 Å². The fourth-order valence-electron chi connectivity index (χ4n) is 4.43. The molecule has 7 heteroatoms. The summed E-state index contributed by atoms with van der Waals surface area (Å²) in [5, 5.41) is 0. The topological polar surface area (TPSA) is 26.8 Å². The van der Waals surface area contributed by atoms with Crippen molar-refractivity contribution in [3.05, 3.63) is 82.9 Å². The maximum atomic E-state index is 13.5. The summed E-state index contributed by atoms with van der Waals surface area (Å²) in [4.78, 5) is 19.1. The molecule has 1 aliphatic heterocycles. The van der Waals surface area contributed by atoms with Crippen LogP contribution in [0.3, 0.4) is 0 Å². The van der Waals surface area contributed by atoms with Gasteiger partial charge in [-0.3, -0.25) is 9.69 Å². The van der Waals surface area contributed by atoms with Crippen LogP contribution >= 0.6 is 0 Å². The highest BCUT2D eigenvalue weighted by Crippen LogP contribution is 2.32. The fourth-order valence-corrected chi connectivity index (χ4v) is 4.43. The van der Waals surface area contributed by atoms with Crippen molar-refractivity contribution in [3.8, 4) is 0 Å². The van der Waals surface area contributed by atoms with Crippen LogP contribution in [-0.2, 0) is 36.9 Å². The molecule has 0 N–H and O–H groups in total. The van der Waals surface area contributed by atoms with Crippen molar-refractivity contribution in [2.75, 3.05) is 40.3 Å². The lowest BCUT2D eigenvalue weighted by Gasteiger charge is -2.30. The van der Waals surface area contributed by atoms with E-state index in [1.54, 1.807) is 11.0 Å². The first-order valence-corrected chi connectivity index (χ1v) is 11.7. The summed E-state index contributed by atoms with van der Waals surface area (Å²) in [6, 6.07) is 11.7. The van der Waals surface area contributed by atoms with Crippen molar-refractivity contribution >= 4 is 5.91 Å². The normalized spacial score (nSPS) is 14.2. The first-order chi connectivity index (χ1) is 16.2. The number of hydrogen-bond acceptors (Lipinski definition) is 3. The van der Waals surface area contributed by atoms with E-state index in [2.05, 4.69) is 23.6 Å². The Kier molecular flexibility index (Phi) is 8.91. The summed E-state index contributed by atoms with van der Waals surface area (Å²) in [6.45, 7) is 7.37. The van der Waals surface area contributed by atoms with Gasteiger partial charge in [0.1, 0.15) is 0 Å². The Morgan fingerprint density at radius 2 is 1.82 bits per heavy atom. The molecule has 0 saturated heterocycles. The Hall–Kier alpha value is -2.64. The standard InChI is InChI=1S/C27H34F3N3O/c1-4-15-32-16-14-22-10-7-9-21(24(22)20-32)12-13-26(34)33(18-17-31(2)3)19-23-8-5-6-11-25(23)27(28,29)30/h4-11H,1,12-20H2,2-3H3. The second kappa shape index (κ2) is 11.7. The van der Waals surface area contributed by atoms with Crippen LogP contribution in [0.2, 0.25) is 0 Å². The molecule has 2 aromatic rings. The lowest BCUT2D eigenvalue weighted by molar-refractivity contribution is -0.140. The lowest BCUT2D eigenvalue weighted by atomic mass is 9.92. The quantitative estimate of drug-likeness (QED) is 0.465. The molecule has 1 heterocycles. The Morgan fingerprint density at radius 3 is 2.53 bits per heavy atom. The minimum atomic E-state index is -4.45. The van der Waals surface area contributed by atoms with Gasteiger partial charge < -0.3 is 9.80 Å². The van der Waals surface area contributed by atoms with Gasteiger partial charge in [-0.25, -0.2) is 0 Å². The van der Waals surface area contributed by atoms with Crippen LogP contribution in [0, 0.1) is 0 Å². The number of rotatable bonds is 10. The van der Waals surface area contributed by atoms with E-state index in [4.69, 9.17) is 0 Å². The molecule has 3 rings (SSSR count). The average Bonchev–Trinajstić information content (AvgIpc) is 2.80. The molecule has 0 aliphatic carbocycles. The van der Waals surface area contributed by atoms with Crippen LogP contribution in [0.1, 0.15) is 34.2 Å². The average molecular weight is 474 g/mol. The molecule has 0 radical (unpaired) electrons. The third-order valence-corrected chi connectivity index (χ3v) is 6.30. The van der Waals surface area contributed by atoms with E-state index < -0.39 is 11.7 Å². The molecule has 4 nitrogen and oxygen atoms in total. The van der Waals surface area contributed by atoms with Gasteiger partial charge in [0.2, 0.25) is 5.91 Å². The van der Waals surface area contributed by atoms with Crippen LogP contribution in [0.5, 0.6) is 0 Å². The van der Waals surface area contributed by atoms with E-state index in [0.717, 1.165) is 37.7 Å². The smallest absolute Gasteiger partial charge is 0.337 e. The second-order valence-corrected chi connectivity index (χ2v) is 9.10. The SMILES string of the molecule is C=CCN1CCc2cccc(CCC(=O)N(CCN(C)C)Cc3ccccc3C(F)(F)F)c2C1. The minimum absolute atomic E-state index is 0.0532. The highest BCUT2D eigenvalue weighted by molar-refractivity contribution is 5.76. The van der Waals surface area contributed by atoms with E-state index in [1.807, 2.05) is 31.1 Å². The van der Waals surface area contributed by atoms with Gasteiger partial charge in [-0.2, -0.15) is 13.2 Å². The van der Waals surface area contributed by atoms with Crippen molar-refractivity contribution in [1.82, 2.24) is 14.7 Å². The number of carbonyl (C=O) groups excluding carboxylic acids is 1. The Bertz CT molecular complexity index is 987. The Balaban J connectivity index is 1.75. The van der Waals surface area contributed by atoms with Gasteiger partial charge >= 0.3 is 6.18 Å². The molecule has 0 saturated carbocycles. The van der Waals surface area contributed by atoms with Gasteiger partial charge in [0.05, 0.1) is 5.56 Å². The van der Waals surface area contributed by atoms with Gasteiger partial charge in [0.15, 0.2) is 0 Å². The van der Waals surface area contributed by atoms with Gasteiger partial charge in [0.25, 0.3) is 0 Å². The van der Waals surface area contributed by atoms with E-state index in [1.165, 1.54) is 23.3 Å². The number of alkyl halides is 3. The lowest BCUT2D eigenvalue weighted by Crippen LogP contribution is -2.37. The van der Waals surface area contributed by atoms with E-state index in [9.17, 15) is 18.0 Å². The summed E-state index contributed by atoms with van der Waals surface area (Å²) in [7, 11) is 3.77. The van der Waals surface area contributed by atoms with E-state index in [0.29, 0.717) is 19.5 Å². The number of carbonyl (C=O) groups is 1. The number of nitrogens with zero attached hydrogens (tertiary/aromatic N) is 3. The second-order valence-electron chi connectivity index (χ2n) is 9.10. The van der Waals surface area contributed by atoms with Crippen molar-refractivity contribution in [3.63, 3.8) is 0 Å². The number of halogens is 3. The van der Waals surface area contributed by atoms with Gasteiger partial charge in [0, 0.05) is 45.7 Å². The minimum Gasteiger partial charge on any atom is -0.337 e. The molecule has 0 unspecified atom stereocenters. The van der Waals surface area contributed by atoms with E-state index >= 15 is 0 Å². The molecule has 0 aromatic heterocycles.